The number of aliphatic hydroxyl groups is 1. The molecule has 1 aromatic rings. The van der Waals surface area contributed by atoms with Crippen molar-refractivity contribution in [3.05, 3.63) is 39.2 Å². The third-order valence-corrected chi connectivity index (χ3v) is 3.85. The first kappa shape index (κ1) is 20.2. The number of nitro groups is 1. The van der Waals surface area contributed by atoms with E-state index in [1.165, 1.54) is 18.1 Å². The molecule has 0 amide bonds. The normalized spacial score (nSPS) is 15.2. The van der Waals surface area contributed by atoms with Crippen molar-refractivity contribution in [3.63, 3.8) is 0 Å². The molecule has 1 rings (SSSR count). The highest BCUT2D eigenvalue weighted by Gasteiger charge is 2.48. The summed E-state index contributed by atoms with van der Waals surface area (Å²) in [6, 6.07) is 1.61. The van der Waals surface area contributed by atoms with E-state index in [0.29, 0.717) is 5.15 Å². The zero-order chi connectivity index (χ0) is 17.8. The van der Waals surface area contributed by atoms with Crippen molar-refractivity contribution < 1.29 is 10.0 Å². The summed E-state index contributed by atoms with van der Waals surface area (Å²) in [5.41, 5.74) is 0.739. The lowest BCUT2D eigenvalue weighted by atomic mass is 10.1. The van der Waals surface area contributed by atoms with Crippen LogP contribution in [0.2, 0.25) is 5.15 Å². The predicted octanol–water partition coefficient (Wildman–Crippen LogP) is 2.57. The number of hydrogen-bond acceptors (Lipinski definition) is 5. The summed E-state index contributed by atoms with van der Waals surface area (Å²) in [7, 11) is 2.92. The van der Waals surface area contributed by atoms with Crippen LogP contribution in [-0.2, 0) is 6.54 Å². The van der Waals surface area contributed by atoms with E-state index < -0.39 is 20.9 Å². The van der Waals surface area contributed by atoms with Gasteiger partial charge in [-0.15, -0.1) is 0 Å². The van der Waals surface area contributed by atoms with Gasteiger partial charge in [0.1, 0.15) is 5.15 Å². The lowest BCUT2D eigenvalue weighted by Gasteiger charge is -2.28. The van der Waals surface area contributed by atoms with Crippen molar-refractivity contribution in [2.24, 2.45) is 4.99 Å². The Kier molecular flexibility index (Phi) is 7.29. The van der Waals surface area contributed by atoms with Crippen molar-refractivity contribution in [1.82, 2.24) is 9.88 Å². The second kappa shape index (κ2) is 8.30. The van der Waals surface area contributed by atoms with E-state index in [1.807, 2.05) is 0 Å². The van der Waals surface area contributed by atoms with Crippen molar-refractivity contribution in [3.8, 4) is 0 Å². The standard InChI is InChI=1S/C12H14Cl4N4O3/c1-17-11(9(20(22)23)10(21)12(14,15)16)19(2)6-7-3-4-8(13)18-5-7/h3-5,9-10,21H,6H2,1-2H3. The van der Waals surface area contributed by atoms with E-state index in [9.17, 15) is 15.2 Å². The number of likely N-dealkylation sites (N-methyl/N-ethyl adjacent to an activating group) is 1. The molecule has 0 saturated carbocycles. The summed E-state index contributed by atoms with van der Waals surface area (Å²) in [5, 5.41) is 21.6. The Morgan fingerprint density at radius 3 is 2.52 bits per heavy atom. The van der Waals surface area contributed by atoms with Gasteiger partial charge in [-0.1, -0.05) is 52.5 Å². The number of alkyl halides is 3. The Balaban J connectivity index is 3.03. The second-order valence-corrected chi connectivity index (χ2v) is 7.40. The van der Waals surface area contributed by atoms with Gasteiger partial charge in [0.15, 0.2) is 11.9 Å². The highest BCUT2D eigenvalue weighted by atomic mass is 35.6. The van der Waals surface area contributed by atoms with Gasteiger partial charge >= 0.3 is 0 Å². The van der Waals surface area contributed by atoms with E-state index >= 15 is 0 Å². The molecule has 1 aromatic heterocycles. The number of aliphatic imine (C=N–C) groups is 1. The Hall–Kier alpha value is -0.860. The fourth-order valence-corrected chi connectivity index (χ4v) is 2.38. The van der Waals surface area contributed by atoms with Crippen molar-refractivity contribution in [1.29, 1.82) is 0 Å². The number of nitrogens with zero attached hydrogens (tertiary/aromatic N) is 4. The molecule has 23 heavy (non-hydrogen) atoms. The number of rotatable bonds is 5. The first-order valence-electron chi connectivity index (χ1n) is 6.24. The Morgan fingerprint density at radius 2 is 2.13 bits per heavy atom. The quantitative estimate of drug-likeness (QED) is 0.204. The number of halogens is 4. The van der Waals surface area contributed by atoms with Crippen LogP contribution in [0, 0.1) is 10.1 Å². The molecule has 1 heterocycles. The summed E-state index contributed by atoms with van der Waals surface area (Å²) < 4.78 is -2.23. The van der Waals surface area contributed by atoms with Crippen LogP contribution in [0.4, 0.5) is 0 Å². The van der Waals surface area contributed by atoms with Gasteiger partial charge in [-0.2, -0.15) is 0 Å². The first-order valence-corrected chi connectivity index (χ1v) is 7.75. The first-order chi connectivity index (χ1) is 10.6. The molecule has 0 radical (unpaired) electrons. The summed E-state index contributed by atoms with van der Waals surface area (Å²) in [6.45, 7) is 0.244. The number of amidine groups is 1. The molecular formula is C12H14Cl4N4O3. The minimum absolute atomic E-state index is 0.0382. The van der Waals surface area contributed by atoms with E-state index in [2.05, 4.69) is 9.98 Å². The van der Waals surface area contributed by atoms with Gasteiger partial charge < -0.3 is 10.0 Å². The molecule has 0 fully saturated rings. The number of hydrogen-bond donors (Lipinski definition) is 1. The van der Waals surface area contributed by atoms with Crippen LogP contribution in [0.3, 0.4) is 0 Å². The maximum absolute atomic E-state index is 11.3. The number of pyridine rings is 1. The second-order valence-electron chi connectivity index (χ2n) is 4.64. The Bertz CT molecular complexity index is 577. The zero-order valence-corrected chi connectivity index (χ0v) is 15.2. The molecule has 2 unspecified atom stereocenters. The predicted molar refractivity (Wildman–Crippen MR) is 91.2 cm³/mol. The van der Waals surface area contributed by atoms with Gasteiger partial charge in [-0.25, -0.2) is 4.98 Å². The summed E-state index contributed by atoms with van der Waals surface area (Å²) in [6.07, 6.45) is -0.342. The molecule has 0 aromatic carbocycles. The van der Waals surface area contributed by atoms with Crippen LogP contribution >= 0.6 is 46.4 Å². The minimum Gasteiger partial charge on any atom is -0.381 e. The highest BCUT2D eigenvalue weighted by Crippen LogP contribution is 2.33. The molecule has 0 aliphatic rings. The minimum atomic E-state index is -2.23. The summed E-state index contributed by atoms with van der Waals surface area (Å²) >= 11 is 22.5. The lowest BCUT2D eigenvalue weighted by molar-refractivity contribution is -0.515. The average Bonchev–Trinajstić information content (AvgIpc) is 2.44. The van der Waals surface area contributed by atoms with Crippen LogP contribution in [0.5, 0.6) is 0 Å². The largest absolute Gasteiger partial charge is 0.381 e. The molecule has 11 heteroatoms. The van der Waals surface area contributed by atoms with E-state index in [0.717, 1.165) is 5.56 Å². The van der Waals surface area contributed by atoms with Crippen LogP contribution < -0.4 is 0 Å². The van der Waals surface area contributed by atoms with Crippen molar-refractivity contribution in [2.75, 3.05) is 14.1 Å². The van der Waals surface area contributed by atoms with E-state index in [4.69, 9.17) is 46.4 Å². The van der Waals surface area contributed by atoms with E-state index in [-0.39, 0.29) is 12.4 Å². The molecular weight excluding hydrogens is 390 g/mol. The molecule has 2 atom stereocenters. The zero-order valence-electron chi connectivity index (χ0n) is 12.2. The van der Waals surface area contributed by atoms with E-state index in [1.54, 1.807) is 19.2 Å². The van der Waals surface area contributed by atoms with Crippen LogP contribution in [0.25, 0.3) is 0 Å². The molecule has 128 valence electrons. The molecule has 7 nitrogen and oxygen atoms in total. The Morgan fingerprint density at radius 1 is 1.52 bits per heavy atom. The molecule has 1 N–H and O–H groups in total. The van der Waals surface area contributed by atoms with Gasteiger partial charge in [0.25, 0.3) is 6.04 Å². The van der Waals surface area contributed by atoms with Crippen LogP contribution in [0.15, 0.2) is 23.3 Å². The summed E-state index contributed by atoms with van der Waals surface area (Å²) in [5.74, 6) is -0.0382. The van der Waals surface area contributed by atoms with Gasteiger partial charge in [0.2, 0.25) is 3.79 Å². The maximum atomic E-state index is 11.3. The maximum Gasteiger partial charge on any atom is 0.298 e. The monoisotopic (exact) mass is 402 g/mol. The Labute approximate surface area is 153 Å². The number of aliphatic hydroxyl groups excluding tert-OH is 1. The number of aromatic nitrogens is 1. The molecule has 0 aliphatic heterocycles. The average molecular weight is 404 g/mol. The van der Waals surface area contributed by atoms with Crippen LogP contribution in [-0.4, -0.2) is 55.8 Å². The third kappa shape index (κ3) is 5.61. The SMILES string of the molecule is CN=C(C(C(O)C(Cl)(Cl)Cl)[N+](=O)[O-])N(C)Cc1ccc(Cl)nc1. The third-order valence-electron chi connectivity index (χ3n) is 2.95. The van der Waals surface area contributed by atoms with Gasteiger partial charge in [-0.05, 0) is 11.6 Å². The van der Waals surface area contributed by atoms with Gasteiger partial charge in [-0.3, -0.25) is 15.1 Å². The smallest absolute Gasteiger partial charge is 0.298 e. The lowest BCUT2D eigenvalue weighted by Crippen LogP contribution is -2.52. The molecule has 0 aliphatic carbocycles. The van der Waals surface area contributed by atoms with Crippen molar-refractivity contribution in [2.45, 2.75) is 22.5 Å². The van der Waals surface area contributed by atoms with Crippen LogP contribution in [0.1, 0.15) is 5.56 Å². The van der Waals surface area contributed by atoms with Gasteiger partial charge in [0.05, 0.1) is 0 Å². The van der Waals surface area contributed by atoms with Gasteiger partial charge in [0, 0.05) is 31.8 Å². The highest BCUT2D eigenvalue weighted by molar-refractivity contribution is 6.68. The summed E-state index contributed by atoms with van der Waals surface area (Å²) in [4.78, 5) is 19.8. The fraction of sp³-hybridized carbons (Fsp3) is 0.500. The fourth-order valence-electron chi connectivity index (χ4n) is 1.91. The molecule has 0 saturated heterocycles. The topological polar surface area (TPSA) is 91.9 Å². The molecule has 0 bridgehead atoms. The molecule has 0 spiro atoms. The van der Waals surface area contributed by atoms with Crippen molar-refractivity contribution >= 4 is 52.2 Å².